The zero-order valence-electron chi connectivity index (χ0n) is 26.5. The first-order valence-electron chi connectivity index (χ1n) is 14.6. The molecule has 2 saturated heterocycles. The lowest BCUT2D eigenvalue weighted by Gasteiger charge is -2.42. The summed E-state index contributed by atoms with van der Waals surface area (Å²) in [5.74, 6) is -0.247. The van der Waals surface area contributed by atoms with E-state index in [4.69, 9.17) is 47.0 Å². The monoisotopic (exact) mass is 686 g/mol. The Morgan fingerprint density at radius 3 is 1.81 bits per heavy atom. The van der Waals surface area contributed by atoms with Crippen LogP contribution in [0.3, 0.4) is 0 Å². The summed E-state index contributed by atoms with van der Waals surface area (Å²) in [6.45, 7) is -1.33. The predicted octanol–water partition coefficient (Wildman–Crippen LogP) is -2.01. The third kappa shape index (κ3) is 6.04. The van der Waals surface area contributed by atoms with Crippen molar-refractivity contribution in [3.05, 3.63) is 22.4 Å². The van der Waals surface area contributed by atoms with Crippen LogP contribution >= 0.6 is 0 Å². The molecule has 2 aromatic carbocycles. The molecule has 3 heterocycles. The number of hydrogen-bond donors (Lipinski definition) is 7. The number of hydrogen-bond acceptors (Lipinski definition) is 18. The fraction of sp³-hybridized carbons (Fsp3) is 0.567. The van der Waals surface area contributed by atoms with Crippen LogP contribution in [0, 0.1) is 0 Å². The van der Waals surface area contributed by atoms with Crippen LogP contribution in [0.1, 0.15) is 0 Å². The Hall–Kier alpha value is -3.69. The molecule has 18 nitrogen and oxygen atoms in total. The second-order valence-corrected chi connectivity index (χ2v) is 10.9. The number of ether oxygens (including phenoxy) is 9. The van der Waals surface area contributed by atoms with Crippen LogP contribution in [0.4, 0.5) is 0 Å². The van der Waals surface area contributed by atoms with E-state index in [0.717, 1.165) is 0 Å². The van der Waals surface area contributed by atoms with Gasteiger partial charge < -0.3 is 82.8 Å². The molecule has 266 valence electrons. The van der Waals surface area contributed by atoms with Gasteiger partial charge in [-0.25, -0.2) is 0 Å². The first kappa shape index (κ1) is 35.6. The smallest absolute Gasteiger partial charge is 0.229 e. The van der Waals surface area contributed by atoms with Gasteiger partial charge in [0.25, 0.3) is 0 Å². The second kappa shape index (κ2) is 14.4. The molecule has 0 spiro atoms. The van der Waals surface area contributed by atoms with Crippen LogP contribution in [0.5, 0.6) is 34.5 Å². The molecule has 3 aromatic rings. The summed E-state index contributed by atoms with van der Waals surface area (Å²) in [6.07, 6.45) is -16.9. The quantitative estimate of drug-likeness (QED) is 0.108. The standard InChI is InChI=1S/C30H38O18/c1-39-10-6-11-16(32)15-24(47-23(11)12(7-10)40-2)26(41-3)28(43-5)27(42-4)25(15)48-30-22(38)20(36)18(34)14(46-30)9-44-29-21(37)19(35)17(33)13(8-31)45-29/h6-7,13-14,17-22,29-31,33-38H,8-9H2,1-5H3. The van der Waals surface area contributed by atoms with Crippen LogP contribution in [-0.4, -0.2) is 146 Å². The first-order valence-corrected chi connectivity index (χ1v) is 14.6. The van der Waals surface area contributed by atoms with E-state index >= 15 is 0 Å². The number of benzene rings is 2. The average molecular weight is 687 g/mol. The summed E-state index contributed by atoms with van der Waals surface area (Å²) in [7, 11) is 6.61. The van der Waals surface area contributed by atoms with Gasteiger partial charge in [-0.05, 0) is 6.07 Å². The minimum absolute atomic E-state index is 0.00389. The topological polar surface area (TPSA) is 255 Å². The number of fused-ring (bicyclic) bond motifs is 2. The van der Waals surface area contributed by atoms with Gasteiger partial charge in [0.1, 0.15) is 60.0 Å². The van der Waals surface area contributed by atoms with Gasteiger partial charge in [-0.2, -0.15) is 0 Å². The van der Waals surface area contributed by atoms with E-state index in [2.05, 4.69) is 0 Å². The van der Waals surface area contributed by atoms with Gasteiger partial charge in [0.2, 0.25) is 29.0 Å². The van der Waals surface area contributed by atoms with Crippen molar-refractivity contribution in [3.63, 3.8) is 0 Å². The molecule has 5 rings (SSSR count). The Morgan fingerprint density at radius 2 is 1.23 bits per heavy atom. The molecule has 10 unspecified atom stereocenters. The largest absolute Gasteiger partial charge is 0.497 e. The van der Waals surface area contributed by atoms with Crippen LogP contribution in [0.2, 0.25) is 0 Å². The van der Waals surface area contributed by atoms with E-state index in [1.165, 1.54) is 47.7 Å². The zero-order valence-corrected chi connectivity index (χ0v) is 26.5. The fourth-order valence-electron chi connectivity index (χ4n) is 5.63. The van der Waals surface area contributed by atoms with E-state index < -0.39 is 80.1 Å². The summed E-state index contributed by atoms with van der Waals surface area (Å²) in [5.41, 5.74) is -0.809. The van der Waals surface area contributed by atoms with Gasteiger partial charge in [0.15, 0.2) is 29.0 Å². The third-order valence-electron chi connectivity index (χ3n) is 8.23. The van der Waals surface area contributed by atoms with Gasteiger partial charge in [-0.15, -0.1) is 0 Å². The van der Waals surface area contributed by atoms with Crippen molar-refractivity contribution < 1.29 is 82.8 Å². The predicted molar refractivity (Wildman–Crippen MR) is 160 cm³/mol. The van der Waals surface area contributed by atoms with Crippen molar-refractivity contribution >= 4 is 21.9 Å². The van der Waals surface area contributed by atoms with Gasteiger partial charge >= 0.3 is 0 Å². The van der Waals surface area contributed by atoms with Gasteiger partial charge in [0, 0.05) is 6.07 Å². The lowest BCUT2D eigenvalue weighted by Crippen LogP contribution is -2.62. The lowest BCUT2D eigenvalue weighted by molar-refractivity contribution is -0.323. The Labute approximate surface area is 272 Å². The summed E-state index contributed by atoms with van der Waals surface area (Å²) < 4.78 is 56.2. The Balaban J connectivity index is 1.57. The molecular weight excluding hydrogens is 648 g/mol. The Morgan fingerprint density at radius 1 is 0.646 bits per heavy atom. The number of aliphatic hydroxyl groups excluding tert-OH is 7. The highest BCUT2D eigenvalue weighted by Gasteiger charge is 2.48. The Bertz CT molecular complexity index is 1660. The van der Waals surface area contributed by atoms with Crippen molar-refractivity contribution in [2.24, 2.45) is 0 Å². The maximum absolute atomic E-state index is 14.2. The van der Waals surface area contributed by atoms with Crippen molar-refractivity contribution in [1.82, 2.24) is 0 Å². The highest BCUT2D eigenvalue weighted by Crippen LogP contribution is 2.52. The fourth-order valence-corrected chi connectivity index (χ4v) is 5.63. The molecule has 0 aliphatic carbocycles. The summed E-state index contributed by atoms with van der Waals surface area (Å²) in [4.78, 5) is 14.2. The van der Waals surface area contributed by atoms with Crippen LogP contribution < -0.4 is 33.8 Å². The van der Waals surface area contributed by atoms with Crippen molar-refractivity contribution in [3.8, 4) is 34.5 Å². The molecule has 2 aliphatic heterocycles. The average Bonchev–Trinajstić information content (AvgIpc) is 3.10. The van der Waals surface area contributed by atoms with Crippen molar-refractivity contribution in [1.29, 1.82) is 0 Å². The Kier molecular flexibility index (Phi) is 10.7. The molecule has 10 atom stereocenters. The molecule has 0 bridgehead atoms. The van der Waals surface area contributed by atoms with Crippen LogP contribution in [-0.2, 0) is 14.2 Å². The summed E-state index contributed by atoms with van der Waals surface area (Å²) in [5, 5.41) is 72.0. The molecule has 0 saturated carbocycles. The van der Waals surface area contributed by atoms with Crippen molar-refractivity contribution in [2.45, 2.75) is 61.4 Å². The molecular formula is C30H38O18. The van der Waals surface area contributed by atoms with E-state index in [9.17, 15) is 40.5 Å². The van der Waals surface area contributed by atoms with Gasteiger partial charge in [0.05, 0.1) is 54.1 Å². The van der Waals surface area contributed by atoms with E-state index in [1.807, 2.05) is 0 Å². The highest BCUT2D eigenvalue weighted by molar-refractivity contribution is 6.01. The van der Waals surface area contributed by atoms with E-state index in [0.29, 0.717) is 0 Å². The molecule has 2 fully saturated rings. The minimum atomic E-state index is -1.91. The number of rotatable bonds is 11. The van der Waals surface area contributed by atoms with Crippen LogP contribution in [0.15, 0.2) is 21.3 Å². The SMILES string of the molecule is COc1cc(OC)c2oc3c(OC)c(OC)c(OC)c(OC4OC(COC5OC(CO)C(O)C(O)C5O)C(O)C(O)C4O)c3c(=O)c2c1. The molecule has 0 radical (unpaired) electrons. The number of aliphatic hydroxyl groups is 7. The zero-order chi connectivity index (χ0) is 35.0. The summed E-state index contributed by atoms with van der Waals surface area (Å²) >= 11 is 0. The molecule has 48 heavy (non-hydrogen) atoms. The van der Waals surface area contributed by atoms with E-state index in [-0.39, 0.29) is 56.4 Å². The lowest BCUT2D eigenvalue weighted by atomic mass is 9.98. The number of methoxy groups -OCH3 is 5. The van der Waals surface area contributed by atoms with Crippen LogP contribution in [0.25, 0.3) is 21.9 Å². The second-order valence-electron chi connectivity index (χ2n) is 10.9. The molecule has 1 aromatic heterocycles. The summed E-state index contributed by atoms with van der Waals surface area (Å²) in [6, 6.07) is 2.92. The van der Waals surface area contributed by atoms with Crippen molar-refractivity contribution in [2.75, 3.05) is 48.8 Å². The molecule has 2 aliphatic rings. The maximum Gasteiger partial charge on any atom is 0.229 e. The maximum atomic E-state index is 14.2. The third-order valence-corrected chi connectivity index (χ3v) is 8.23. The van der Waals surface area contributed by atoms with Gasteiger partial charge in [-0.1, -0.05) is 0 Å². The van der Waals surface area contributed by atoms with Gasteiger partial charge in [-0.3, -0.25) is 4.79 Å². The van der Waals surface area contributed by atoms with E-state index in [1.54, 1.807) is 0 Å². The molecule has 0 amide bonds. The minimum Gasteiger partial charge on any atom is -0.497 e. The molecule has 7 N–H and O–H groups in total. The highest BCUT2D eigenvalue weighted by atomic mass is 16.7. The molecule has 18 heteroatoms. The normalized spacial score (nSPS) is 30.7. The first-order chi connectivity index (χ1) is 22.9.